The van der Waals surface area contributed by atoms with Gasteiger partial charge in [-0.25, -0.2) is 0 Å². The average Bonchev–Trinajstić information content (AvgIpc) is 2.71. The Labute approximate surface area is 89.9 Å². The minimum Gasteiger partial charge on any atom is -0.326 e. The average molecular weight is 204 g/mol. The highest BCUT2D eigenvalue weighted by atomic mass is 16.1. The number of hydrogen-bond donors (Lipinski definition) is 2. The lowest BCUT2D eigenvalue weighted by atomic mass is 10.1. The summed E-state index contributed by atoms with van der Waals surface area (Å²) in [6.07, 6.45) is 2.88. The van der Waals surface area contributed by atoms with E-state index in [9.17, 15) is 4.79 Å². The van der Waals surface area contributed by atoms with E-state index in [0.717, 1.165) is 18.7 Å². The van der Waals surface area contributed by atoms with Crippen LogP contribution in [0.5, 0.6) is 0 Å². The van der Waals surface area contributed by atoms with Crippen molar-refractivity contribution in [1.82, 2.24) is 5.32 Å². The molecule has 0 aliphatic carbocycles. The summed E-state index contributed by atoms with van der Waals surface area (Å²) >= 11 is 0. The number of anilines is 1. The molecule has 0 aromatic heterocycles. The van der Waals surface area contributed by atoms with Gasteiger partial charge in [0.05, 0.1) is 0 Å². The Kier molecular flexibility index (Phi) is 3.35. The normalized spacial score (nSPS) is 20.1. The van der Waals surface area contributed by atoms with Crippen LogP contribution in [0.25, 0.3) is 0 Å². The van der Waals surface area contributed by atoms with Crippen LogP contribution in [0.2, 0.25) is 0 Å². The first-order valence-electron chi connectivity index (χ1n) is 5.43. The molecule has 1 fully saturated rings. The highest BCUT2D eigenvalue weighted by molar-refractivity contribution is 5.91. The van der Waals surface area contributed by atoms with Gasteiger partial charge in [-0.2, -0.15) is 0 Å². The first kappa shape index (κ1) is 10.2. The quantitative estimate of drug-likeness (QED) is 0.787. The highest BCUT2D eigenvalue weighted by Crippen LogP contribution is 2.11. The molecule has 0 saturated carbocycles. The first-order chi connectivity index (χ1) is 7.34. The van der Waals surface area contributed by atoms with E-state index in [-0.39, 0.29) is 5.91 Å². The topological polar surface area (TPSA) is 41.1 Å². The van der Waals surface area contributed by atoms with E-state index < -0.39 is 0 Å². The Morgan fingerprint density at radius 1 is 1.40 bits per heavy atom. The SMILES string of the molecule is O=C(CC1CCCN1)Nc1ccccc1. The van der Waals surface area contributed by atoms with Gasteiger partial charge >= 0.3 is 0 Å². The van der Waals surface area contributed by atoms with Crippen molar-refractivity contribution in [3.05, 3.63) is 30.3 Å². The molecule has 1 amide bonds. The zero-order valence-electron chi connectivity index (χ0n) is 8.70. The van der Waals surface area contributed by atoms with Crippen LogP contribution < -0.4 is 10.6 Å². The largest absolute Gasteiger partial charge is 0.326 e. The standard InChI is InChI=1S/C12H16N2O/c15-12(9-11-7-4-8-13-11)14-10-5-2-1-3-6-10/h1-3,5-6,11,13H,4,7-9H2,(H,14,15). The van der Waals surface area contributed by atoms with E-state index in [0.29, 0.717) is 12.5 Å². The second-order valence-electron chi connectivity index (χ2n) is 3.91. The van der Waals surface area contributed by atoms with Crippen molar-refractivity contribution in [3.8, 4) is 0 Å². The second kappa shape index (κ2) is 4.94. The van der Waals surface area contributed by atoms with Crippen LogP contribution >= 0.6 is 0 Å². The number of carbonyl (C=O) groups excluding carboxylic acids is 1. The molecule has 0 radical (unpaired) electrons. The van der Waals surface area contributed by atoms with Crippen LogP contribution in [-0.4, -0.2) is 18.5 Å². The summed E-state index contributed by atoms with van der Waals surface area (Å²) in [6, 6.07) is 9.95. The summed E-state index contributed by atoms with van der Waals surface area (Å²) in [5, 5.41) is 6.20. The lowest BCUT2D eigenvalue weighted by Crippen LogP contribution is -2.27. The Balaban J connectivity index is 1.82. The smallest absolute Gasteiger partial charge is 0.225 e. The Morgan fingerprint density at radius 2 is 2.20 bits per heavy atom. The number of nitrogens with one attached hydrogen (secondary N) is 2. The van der Waals surface area contributed by atoms with E-state index in [1.807, 2.05) is 30.3 Å². The van der Waals surface area contributed by atoms with E-state index >= 15 is 0 Å². The molecule has 1 aliphatic heterocycles. The molecule has 80 valence electrons. The van der Waals surface area contributed by atoms with Gasteiger partial charge in [-0.1, -0.05) is 18.2 Å². The van der Waals surface area contributed by atoms with Crippen molar-refractivity contribution >= 4 is 11.6 Å². The molecule has 3 nitrogen and oxygen atoms in total. The third-order valence-electron chi connectivity index (χ3n) is 2.65. The fourth-order valence-corrected chi connectivity index (χ4v) is 1.89. The third-order valence-corrected chi connectivity index (χ3v) is 2.65. The van der Waals surface area contributed by atoms with Gasteiger partial charge in [-0.15, -0.1) is 0 Å². The lowest BCUT2D eigenvalue weighted by molar-refractivity contribution is -0.116. The Morgan fingerprint density at radius 3 is 2.87 bits per heavy atom. The van der Waals surface area contributed by atoms with Crippen molar-refractivity contribution < 1.29 is 4.79 Å². The van der Waals surface area contributed by atoms with Gasteiger partial charge < -0.3 is 10.6 Å². The van der Waals surface area contributed by atoms with Crippen LogP contribution in [0.4, 0.5) is 5.69 Å². The second-order valence-corrected chi connectivity index (χ2v) is 3.91. The predicted molar refractivity (Wildman–Crippen MR) is 60.7 cm³/mol. The summed E-state index contributed by atoms with van der Waals surface area (Å²) < 4.78 is 0. The zero-order chi connectivity index (χ0) is 10.5. The van der Waals surface area contributed by atoms with Gasteiger partial charge in [0.25, 0.3) is 0 Å². The number of amides is 1. The van der Waals surface area contributed by atoms with Gasteiger partial charge in [-0.05, 0) is 31.5 Å². The van der Waals surface area contributed by atoms with Crippen LogP contribution in [0, 0.1) is 0 Å². The summed E-state index contributed by atoms with van der Waals surface area (Å²) in [4.78, 5) is 11.6. The monoisotopic (exact) mass is 204 g/mol. The van der Waals surface area contributed by atoms with Crippen molar-refractivity contribution in [2.75, 3.05) is 11.9 Å². The number of carbonyl (C=O) groups is 1. The minimum absolute atomic E-state index is 0.0978. The summed E-state index contributed by atoms with van der Waals surface area (Å²) in [7, 11) is 0. The number of para-hydroxylation sites is 1. The molecular formula is C12H16N2O. The summed E-state index contributed by atoms with van der Waals surface area (Å²) in [5.74, 6) is 0.0978. The summed E-state index contributed by atoms with van der Waals surface area (Å²) in [5.41, 5.74) is 0.875. The molecule has 15 heavy (non-hydrogen) atoms. The molecule has 1 atom stereocenters. The van der Waals surface area contributed by atoms with Gasteiger partial charge in [0.15, 0.2) is 0 Å². The van der Waals surface area contributed by atoms with Crippen LogP contribution in [-0.2, 0) is 4.79 Å². The fraction of sp³-hybridized carbons (Fsp3) is 0.417. The molecule has 3 heteroatoms. The molecular weight excluding hydrogens is 188 g/mol. The maximum atomic E-state index is 11.6. The number of benzene rings is 1. The molecule has 0 spiro atoms. The van der Waals surface area contributed by atoms with Crippen LogP contribution in [0.1, 0.15) is 19.3 Å². The van der Waals surface area contributed by atoms with Gasteiger partial charge in [0.2, 0.25) is 5.91 Å². The number of rotatable bonds is 3. The molecule has 1 unspecified atom stereocenters. The van der Waals surface area contributed by atoms with E-state index in [2.05, 4.69) is 10.6 Å². The molecule has 1 aromatic rings. The van der Waals surface area contributed by atoms with Crippen molar-refractivity contribution in [1.29, 1.82) is 0 Å². The molecule has 1 saturated heterocycles. The van der Waals surface area contributed by atoms with Crippen LogP contribution in [0.15, 0.2) is 30.3 Å². The minimum atomic E-state index is 0.0978. The van der Waals surface area contributed by atoms with Crippen LogP contribution in [0.3, 0.4) is 0 Å². The van der Waals surface area contributed by atoms with E-state index in [1.165, 1.54) is 6.42 Å². The Hall–Kier alpha value is -1.35. The third kappa shape index (κ3) is 3.06. The lowest BCUT2D eigenvalue weighted by Gasteiger charge is -2.10. The van der Waals surface area contributed by atoms with Gasteiger partial charge in [-0.3, -0.25) is 4.79 Å². The van der Waals surface area contributed by atoms with Crippen molar-refractivity contribution in [3.63, 3.8) is 0 Å². The molecule has 1 aliphatic rings. The molecule has 1 aromatic carbocycles. The molecule has 2 N–H and O–H groups in total. The molecule has 0 bridgehead atoms. The first-order valence-corrected chi connectivity index (χ1v) is 5.43. The zero-order valence-corrected chi connectivity index (χ0v) is 8.70. The molecule has 2 rings (SSSR count). The van der Waals surface area contributed by atoms with Crippen molar-refractivity contribution in [2.45, 2.75) is 25.3 Å². The maximum Gasteiger partial charge on any atom is 0.225 e. The maximum absolute atomic E-state index is 11.6. The van der Waals surface area contributed by atoms with E-state index in [4.69, 9.17) is 0 Å². The van der Waals surface area contributed by atoms with E-state index in [1.54, 1.807) is 0 Å². The number of hydrogen-bond acceptors (Lipinski definition) is 2. The van der Waals surface area contributed by atoms with Gasteiger partial charge in [0.1, 0.15) is 0 Å². The predicted octanol–water partition coefficient (Wildman–Crippen LogP) is 1.77. The Bertz CT molecular complexity index is 318. The molecule has 1 heterocycles. The van der Waals surface area contributed by atoms with Crippen molar-refractivity contribution in [2.24, 2.45) is 0 Å². The van der Waals surface area contributed by atoms with Gasteiger partial charge in [0, 0.05) is 18.2 Å². The highest BCUT2D eigenvalue weighted by Gasteiger charge is 2.17. The summed E-state index contributed by atoms with van der Waals surface area (Å²) in [6.45, 7) is 1.04. The fourth-order valence-electron chi connectivity index (χ4n) is 1.89.